The van der Waals surface area contributed by atoms with Crippen molar-refractivity contribution in [2.45, 2.75) is 6.18 Å². The normalized spacial score (nSPS) is 12.2. The fraction of sp³-hybridized carbons (Fsp3) is 0.0161. The van der Waals surface area contributed by atoms with Gasteiger partial charge in [-0.25, -0.2) is 0 Å². The quantitative estimate of drug-likeness (QED) is 0.170. The largest absolute Gasteiger partial charge is 0.416 e. The average Bonchev–Trinajstić information content (AvgIpc) is 4.13. The zero-order valence-electron chi connectivity index (χ0n) is 37.2. The molecule has 8 heteroatoms. The number of hydrogen-bond donors (Lipinski definition) is 0. The monoisotopic (exact) mass is 907 g/mol. The Morgan fingerprint density at radius 3 is 1.10 bits per heavy atom. The van der Waals surface area contributed by atoms with Crippen molar-refractivity contribution in [2.75, 3.05) is 0 Å². The summed E-state index contributed by atoms with van der Waals surface area (Å²) in [6.45, 7) is 0. The molecule has 14 aromatic rings. The van der Waals surface area contributed by atoms with E-state index in [2.05, 4.69) is 170 Å². The van der Waals surface area contributed by atoms with E-state index in [1.54, 1.807) is 24.3 Å². The molecule has 14 rings (SSSR count). The van der Waals surface area contributed by atoms with Gasteiger partial charge < -0.3 is 18.3 Å². The fourth-order valence-electron chi connectivity index (χ4n) is 11.3. The SMILES string of the molecule is N#Cc1ccc(-c2cc(C(F)(F)F)ccc2-n2c3ccccc3c3cc(-n4c5ccccc5c5ccccc54)ccc32)c(-n2c3ccccc3c3cc(-n4c5ccccc5c5ccccc54)ccc32)c1. The Balaban J connectivity index is 1.02. The first-order valence-electron chi connectivity index (χ1n) is 23.1. The maximum Gasteiger partial charge on any atom is 0.416 e. The van der Waals surface area contributed by atoms with E-state index >= 15 is 13.2 Å². The minimum Gasteiger partial charge on any atom is -0.309 e. The van der Waals surface area contributed by atoms with E-state index in [0.717, 1.165) is 98.6 Å². The standard InChI is InChI=1S/C62H36F3N5/c63-62(64,65)39-26-30-58(69-56-23-11-5-17-46(56)50-35-40(27-31-59(50)69)67-52-19-7-1-13-42(52)43-14-2-8-20-53(43)67)49(34-39)48-29-25-38(37-66)33-61(48)70-57-24-12-6-18-47(57)51-36-41(28-32-60(51)70)68-54-21-9-3-15-44(54)45-16-4-10-22-55(45)68/h1-36H. The zero-order chi connectivity index (χ0) is 46.8. The molecular formula is C62H36F3N5. The van der Waals surface area contributed by atoms with Crippen molar-refractivity contribution in [3.8, 4) is 39.9 Å². The van der Waals surface area contributed by atoms with Crippen molar-refractivity contribution in [1.29, 1.82) is 5.26 Å². The Morgan fingerprint density at radius 1 is 0.314 bits per heavy atom. The van der Waals surface area contributed by atoms with Crippen LogP contribution in [0.4, 0.5) is 13.2 Å². The van der Waals surface area contributed by atoms with Crippen molar-refractivity contribution in [2.24, 2.45) is 0 Å². The molecular weight excluding hydrogens is 872 g/mol. The maximum absolute atomic E-state index is 15.1. The molecule has 10 aromatic carbocycles. The van der Waals surface area contributed by atoms with Gasteiger partial charge in [0, 0.05) is 65.6 Å². The average molecular weight is 908 g/mol. The molecule has 4 aromatic heterocycles. The van der Waals surface area contributed by atoms with Gasteiger partial charge in [0.2, 0.25) is 0 Å². The summed E-state index contributed by atoms with van der Waals surface area (Å²) in [5, 5.41) is 18.9. The molecule has 0 aliphatic carbocycles. The predicted molar refractivity (Wildman–Crippen MR) is 279 cm³/mol. The van der Waals surface area contributed by atoms with E-state index in [0.29, 0.717) is 28.1 Å². The summed E-state index contributed by atoms with van der Waals surface area (Å²) < 4.78 is 53.9. The summed E-state index contributed by atoms with van der Waals surface area (Å²) in [7, 11) is 0. The molecule has 0 fully saturated rings. The molecule has 5 nitrogen and oxygen atoms in total. The van der Waals surface area contributed by atoms with E-state index in [1.807, 2.05) is 36.4 Å². The highest BCUT2D eigenvalue weighted by Crippen LogP contribution is 2.45. The molecule has 0 N–H and O–H groups in total. The minimum atomic E-state index is -4.63. The Kier molecular flexibility index (Phi) is 8.44. The van der Waals surface area contributed by atoms with Gasteiger partial charge in [-0.3, -0.25) is 0 Å². The lowest BCUT2D eigenvalue weighted by atomic mass is 9.97. The van der Waals surface area contributed by atoms with Crippen molar-refractivity contribution in [3.63, 3.8) is 0 Å². The van der Waals surface area contributed by atoms with Gasteiger partial charge in [0.05, 0.1) is 72.7 Å². The fourth-order valence-corrected chi connectivity index (χ4v) is 11.3. The maximum atomic E-state index is 15.1. The Morgan fingerprint density at radius 2 is 0.686 bits per heavy atom. The van der Waals surface area contributed by atoms with Gasteiger partial charge in [0.15, 0.2) is 0 Å². The third-order valence-corrected chi connectivity index (χ3v) is 14.2. The third kappa shape index (κ3) is 5.72. The number of halogens is 3. The van der Waals surface area contributed by atoms with Crippen molar-refractivity contribution in [1.82, 2.24) is 18.3 Å². The number of hydrogen-bond acceptors (Lipinski definition) is 1. The highest BCUT2D eigenvalue weighted by molar-refractivity contribution is 6.15. The molecule has 0 unspecified atom stereocenters. The molecule has 0 aliphatic heterocycles. The summed E-state index contributed by atoms with van der Waals surface area (Å²) in [6.07, 6.45) is -4.63. The summed E-state index contributed by atoms with van der Waals surface area (Å²) in [5.41, 5.74) is 11.4. The molecule has 0 amide bonds. The van der Waals surface area contributed by atoms with Crippen LogP contribution in [0.1, 0.15) is 11.1 Å². The Hall–Kier alpha value is -9.32. The molecule has 0 aliphatic rings. The van der Waals surface area contributed by atoms with Crippen LogP contribution in [0.25, 0.3) is 121 Å². The van der Waals surface area contributed by atoms with Gasteiger partial charge in [-0.2, -0.15) is 18.4 Å². The molecule has 70 heavy (non-hydrogen) atoms. The topological polar surface area (TPSA) is 43.5 Å². The van der Waals surface area contributed by atoms with Crippen LogP contribution < -0.4 is 0 Å². The predicted octanol–water partition coefficient (Wildman–Crippen LogP) is 16.6. The van der Waals surface area contributed by atoms with E-state index in [4.69, 9.17) is 0 Å². The Bertz CT molecular complexity index is 4450. The van der Waals surface area contributed by atoms with Crippen molar-refractivity contribution >= 4 is 87.2 Å². The number of aromatic nitrogens is 4. The summed E-state index contributed by atoms with van der Waals surface area (Å²) in [6, 6.07) is 74.1. The molecule has 4 heterocycles. The highest BCUT2D eigenvalue weighted by atomic mass is 19.4. The smallest absolute Gasteiger partial charge is 0.309 e. The van der Waals surface area contributed by atoms with Gasteiger partial charge in [-0.05, 0) is 103 Å². The molecule has 0 radical (unpaired) electrons. The van der Waals surface area contributed by atoms with Crippen LogP contribution in [0, 0.1) is 11.3 Å². The van der Waals surface area contributed by atoms with Gasteiger partial charge in [0.25, 0.3) is 0 Å². The zero-order valence-corrected chi connectivity index (χ0v) is 37.2. The summed E-state index contributed by atoms with van der Waals surface area (Å²) >= 11 is 0. The number of para-hydroxylation sites is 6. The van der Waals surface area contributed by atoms with Crippen LogP contribution in [0.15, 0.2) is 218 Å². The molecule has 0 saturated heterocycles. The molecule has 0 bridgehead atoms. The van der Waals surface area contributed by atoms with Crippen LogP contribution in [0.2, 0.25) is 0 Å². The van der Waals surface area contributed by atoms with Crippen LogP contribution >= 0.6 is 0 Å². The van der Waals surface area contributed by atoms with Crippen molar-refractivity contribution < 1.29 is 13.2 Å². The lowest BCUT2D eigenvalue weighted by Crippen LogP contribution is -2.08. The summed E-state index contributed by atoms with van der Waals surface area (Å²) in [5.74, 6) is 0. The van der Waals surface area contributed by atoms with Crippen molar-refractivity contribution in [3.05, 3.63) is 230 Å². The first-order valence-corrected chi connectivity index (χ1v) is 23.1. The van der Waals surface area contributed by atoms with E-state index in [9.17, 15) is 5.26 Å². The second-order valence-corrected chi connectivity index (χ2v) is 17.9. The Labute approximate surface area is 397 Å². The molecule has 0 atom stereocenters. The number of rotatable bonds is 5. The first-order chi connectivity index (χ1) is 34.3. The minimum absolute atomic E-state index is 0.372. The highest BCUT2D eigenvalue weighted by Gasteiger charge is 2.32. The number of nitriles is 1. The van der Waals surface area contributed by atoms with Gasteiger partial charge in [0.1, 0.15) is 0 Å². The van der Waals surface area contributed by atoms with Crippen LogP contribution in [0.5, 0.6) is 0 Å². The van der Waals surface area contributed by atoms with Gasteiger partial charge in [-0.1, -0.05) is 115 Å². The second kappa shape index (κ2) is 14.8. The van der Waals surface area contributed by atoms with Crippen LogP contribution in [-0.4, -0.2) is 18.3 Å². The van der Waals surface area contributed by atoms with Gasteiger partial charge >= 0.3 is 6.18 Å². The number of alkyl halides is 3. The third-order valence-electron chi connectivity index (χ3n) is 14.2. The van der Waals surface area contributed by atoms with E-state index in [1.165, 1.54) is 12.1 Å². The molecule has 330 valence electrons. The summed E-state index contributed by atoms with van der Waals surface area (Å²) in [4.78, 5) is 0. The first kappa shape index (κ1) is 39.8. The van der Waals surface area contributed by atoms with Crippen LogP contribution in [0.3, 0.4) is 0 Å². The van der Waals surface area contributed by atoms with E-state index in [-0.39, 0.29) is 0 Å². The second-order valence-electron chi connectivity index (χ2n) is 17.9. The lowest BCUT2D eigenvalue weighted by Gasteiger charge is -2.20. The number of nitrogens with zero attached hydrogens (tertiary/aromatic N) is 5. The number of fused-ring (bicyclic) bond motifs is 12. The van der Waals surface area contributed by atoms with E-state index < -0.39 is 11.7 Å². The molecule has 0 saturated carbocycles. The van der Waals surface area contributed by atoms with Gasteiger partial charge in [-0.15, -0.1) is 0 Å². The lowest BCUT2D eigenvalue weighted by molar-refractivity contribution is -0.137. The van der Waals surface area contributed by atoms with Crippen LogP contribution in [-0.2, 0) is 6.18 Å². The molecule has 0 spiro atoms. The number of benzene rings is 10.